The number of carbonyl (C=O) groups is 1. The Morgan fingerprint density at radius 3 is 1.66 bits per heavy atom. The van der Waals surface area contributed by atoms with Crippen LogP contribution in [0.3, 0.4) is 0 Å². The van der Waals surface area contributed by atoms with E-state index in [-0.39, 0.29) is 16.8 Å². The summed E-state index contributed by atoms with van der Waals surface area (Å²) < 4.78 is 22.9. The van der Waals surface area contributed by atoms with Crippen molar-refractivity contribution >= 4 is 15.9 Å². The fraction of sp³-hybridized carbons (Fsp3) is 0.174. The molecule has 0 aliphatic rings. The van der Waals surface area contributed by atoms with Gasteiger partial charge in [-0.15, -0.1) is 0 Å². The van der Waals surface area contributed by atoms with Gasteiger partial charge in [-0.05, 0) is 35.7 Å². The van der Waals surface area contributed by atoms with Gasteiger partial charge in [-0.1, -0.05) is 72.8 Å². The van der Waals surface area contributed by atoms with Gasteiger partial charge < -0.3 is 4.90 Å². The Morgan fingerprint density at radius 1 is 0.793 bits per heavy atom. The average Bonchev–Trinajstić information content (AvgIpc) is 2.74. The van der Waals surface area contributed by atoms with Gasteiger partial charge in [-0.25, -0.2) is 13.6 Å². The van der Waals surface area contributed by atoms with Crippen LogP contribution in [0.2, 0.25) is 0 Å². The number of sulfonamides is 1. The number of nitrogens with zero attached hydrogens (tertiary/aromatic N) is 1. The van der Waals surface area contributed by atoms with Crippen LogP contribution in [0, 0.1) is 0 Å². The molecule has 3 aromatic carbocycles. The molecule has 0 aliphatic heterocycles. The van der Waals surface area contributed by atoms with Crippen molar-refractivity contribution < 1.29 is 13.2 Å². The van der Waals surface area contributed by atoms with Gasteiger partial charge >= 0.3 is 0 Å². The van der Waals surface area contributed by atoms with Crippen LogP contribution in [0.25, 0.3) is 0 Å². The van der Waals surface area contributed by atoms with Crippen molar-refractivity contribution in [2.24, 2.45) is 5.14 Å². The Labute approximate surface area is 171 Å². The first-order valence-electron chi connectivity index (χ1n) is 9.28. The largest absolute Gasteiger partial charge is 0.338 e. The van der Waals surface area contributed by atoms with Gasteiger partial charge in [0.2, 0.25) is 15.9 Å². The number of benzene rings is 3. The van der Waals surface area contributed by atoms with E-state index >= 15 is 0 Å². The lowest BCUT2D eigenvalue weighted by Gasteiger charge is -2.30. The third-order valence-electron chi connectivity index (χ3n) is 5.13. The summed E-state index contributed by atoms with van der Waals surface area (Å²) in [6, 6.07) is 25.4. The molecule has 0 heterocycles. The molecule has 6 heteroatoms. The lowest BCUT2D eigenvalue weighted by molar-refractivity contribution is -0.132. The van der Waals surface area contributed by atoms with E-state index in [2.05, 4.69) is 0 Å². The summed E-state index contributed by atoms with van der Waals surface area (Å²) in [5, 5.41) is 5.17. The lowest BCUT2D eigenvalue weighted by Crippen LogP contribution is -2.34. The third-order valence-corrected chi connectivity index (χ3v) is 6.06. The van der Waals surface area contributed by atoms with Gasteiger partial charge in [-0.3, -0.25) is 4.79 Å². The van der Waals surface area contributed by atoms with Crippen LogP contribution in [0.15, 0.2) is 89.8 Å². The number of hydrogen-bond donors (Lipinski definition) is 1. The number of carbonyl (C=O) groups excluding carboxylic acids is 1. The molecule has 1 unspecified atom stereocenters. The second-order valence-electron chi connectivity index (χ2n) is 6.99. The molecule has 0 fully saturated rings. The lowest BCUT2D eigenvalue weighted by atomic mass is 9.89. The zero-order chi connectivity index (χ0) is 21.0. The van der Waals surface area contributed by atoms with E-state index < -0.39 is 15.9 Å². The number of likely N-dealkylation sites (N-methyl/N-ethyl adjacent to an activating group) is 1. The Kier molecular flexibility index (Phi) is 6.15. The first-order valence-corrected chi connectivity index (χ1v) is 10.8. The van der Waals surface area contributed by atoms with Crippen molar-refractivity contribution in [3.05, 3.63) is 102 Å². The molecule has 0 spiro atoms. The number of amides is 1. The van der Waals surface area contributed by atoms with Gasteiger partial charge in [-0.2, -0.15) is 0 Å². The molecule has 0 radical (unpaired) electrons. The Morgan fingerprint density at radius 2 is 1.24 bits per heavy atom. The summed E-state index contributed by atoms with van der Waals surface area (Å²) >= 11 is 0. The van der Waals surface area contributed by atoms with Crippen LogP contribution in [-0.4, -0.2) is 26.3 Å². The van der Waals surface area contributed by atoms with Gasteiger partial charge in [0.1, 0.15) is 0 Å². The highest BCUT2D eigenvalue weighted by Gasteiger charge is 2.28. The average molecular weight is 409 g/mol. The Bertz CT molecular complexity index is 1030. The monoisotopic (exact) mass is 408 g/mol. The maximum atomic E-state index is 13.5. The molecular weight excluding hydrogens is 384 g/mol. The quantitative estimate of drug-likeness (QED) is 0.675. The third kappa shape index (κ3) is 4.72. The highest BCUT2D eigenvalue weighted by Crippen LogP contribution is 2.30. The van der Waals surface area contributed by atoms with Crippen LogP contribution < -0.4 is 5.14 Å². The van der Waals surface area contributed by atoms with Crippen LogP contribution in [0.4, 0.5) is 0 Å². The molecule has 3 aromatic rings. The molecule has 150 valence electrons. The van der Waals surface area contributed by atoms with E-state index in [1.54, 1.807) is 24.1 Å². The van der Waals surface area contributed by atoms with Crippen LogP contribution in [0.1, 0.15) is 35.6 Å². The van der Waals surface area contributed by atoms with Gasteiger partial charge in [0.25, 0.3) is 0 Å². The minimum absolute atomic E-state index is 0.0366. The highest BCUT2D eigenvalue weighted by molar-refractivity contribution is 7.89. The fourth-order valence-electron chi connectivity index (χ4n) is 3.32. The van der Waals surface area contributed by atoms with E-state index in [0.717, 1.165) is 16.7 Å². The van der Waals surface area contributed by atoms with Crippen molar-refractivity contribution in [2.45, 2.75) is 23.8 Å². The van der Waals surface area contributed by atoms with E-state index in [1.807, 2.05) is 67.6 Å². The Hall–Kier alpha value is -2.96. The molecule has 0 bridgehead atoms. The topological polar surface area (TPSA) is 80.5 Å². The summed E-state index contributed by atoms with van der Waals surface area (Å²) in [6.07, 6.45) is 0. The summed E-state index contributed by atoms with van der Waals surface area (Å²) in [6.45, 7) is 1.91. The molecule has 0 aliphatic carbocycles. The van der Waals surface area contributed by atoms with Crippen LogP contribution in [-0.2, 0) is 14.8 Å². The first-order chi connectivity index (χ1) is 13.8. The first kappa shape index (κ1) is 20.8. The second-order valence-corrected chi connectivity index (χ2v) is 8.55. The number of hydrogen-bond acceptors (Lipinski definition) is 3. The smallest absolute Gasteiger partial charge is 0.238 e. The summed E-state index contributed by atoms with van der Waals surface area (Å²) in [5.41, 5.74) is 2.67. The highest BCUT2D eigenvalue weighted by atomic mass is 32.2. The maximum absolute atomic E-state index is 13.5. The van der Waals surface area contributed by atoms with Gasteiger partial charge in [0.15, 0.2) is 0 Å². The Balaban J connectivity index is 1.91. The molecule has 1 amide bonds. The zero-order valence-electron chi connectivity index (χ0n) is 16.4. The second kappa shape index (κ2) is 8.59. The van der Waals surface area contributed by atoms with E-state index in [4.69, 9.17) is 5.14 Å². The molecule has 3 rings (SSSR count). The molecule has 1 atom stereocenters. The molecule has 0 saturated carbocycles. The van der Waals surface area contributed by atoms with Crippen LogP contribution in [0.5, 0.6) is 0 Å². The van der Waals surface area contributed by atoms with Crippen molar-refractivity contribution in [3.8, 4) is 0 Å². The zero-order valence-corrected chi connectivity index (χ0v) is 17.2. The van der Waals surface area contributed by atoms with Crippen molar-refractivity contribution in [1.82, 2.24) is 4.90 Å². The fourth-order valence-corrected chi connectivity index (χ4v) is 3.84. The minimum Gasteiger partial charge on any atom is -0.338 e. The van der Waals surface area contributed by atoms with Crippen molar-refractivity contribution in [2.75, 3.05) is 7.05 Å². The standard InChI is InChI=1S/C23H24N2O3S/c1-17(18-13-15-21(16-14-18)29(24,27)28)25(2)23(26)22(19-9-5-3-6-10-19)20-11-7-4-8-12-20/h3-17,22H,1-2H3,(H2,24,27,28). The van der Waals surface area contributed by atoms with Gasteiger partial charge in [0, 0.05) is 7.05 Å². The molecule has 0 aromatic heterocycles. The van der Waals surface area contributed by atoms with E-state index in [9.17, 15) is 13.2 Å². The van der Waals surface area contributed by atoms with E-state index in [1.165, 1.54) is 12.1 Å². The van der Waals surface area contributed by atoms with Gasteiger partial charge in [0.05, 0.1) is 16.9 Å². The number of nitrogens with two attached hydrogens (primary N) is 1. The predicted octanol–water partition coefficient (Wildman–Crippen LogP) is 3.69. The number of rotatable bonds is 6. The van der Waals surface area contributed by atoms with Crippen molar-refractivity contribution in [1.29, 1.82) is 0 Å². The normalized spacial score (nSPS) is 12.6. The number of primary sulfonamides is 1. The SMILES string of the molecule is CC(c1ccc(S(N)(=O)=O)cc1)N(C)C(=O)C(c1ccccc1)c1ccccc1. The molecular formula is C23H24N2O3S. The van der Waals surface area contributed by atoms with Crippen molar-refractivity contribution in [3.63, 3.8) is 0 Å². The summed E-state index contributed by atoms with van der Waals surface area (Å²) in [5.74, 6) is -0.459. The molecule has 29 heavy (non-hydrogen) atoms. The molecule has 2 N–H and O–H groups in total. The van der Waals surface area contributed by atoms with E-state index in [0.29, 0.717) is 0 Å². The van der Waals surface area contributed by atoms with Crippen LogP contribution >= 0.6 is 0 Å². The predicted molar refractivity (Wildman–Crippen MR) is 114 cm³/mol. The summed E-state index contributed by atoms with van der Waals surface area (Å²) in [7, 11) is -1.98. The maximum Gasteiger partial charge on any atom is 0.238 e. The summed E-state index contributed by atoms with van der Waals surface area (Å²) in [4.78, 5) is 15.2. The molecule has 5 nitrogen and oxygen atoms in total. The minimum atomic E-state index is -3.75. The molecule has 0 saturated heterocycles.